The van der Waals surface area contributed by atoms with Crippen molar-refractivity contribution < 1.29 is 13.2 Å². The van der Waals surface area contributed by atoms with E-state index < -0.39 is 11.7 Å². The Morgan fingerprint density at radius 1 is 1.05 bits per heavy atom. The van der Waals surface area contributed by atoms with Gasteiger partial charge in [-0.15, -0.1) is 0 Å². The highest BCUT2D eigenvalue weighted by Gasteiger charge is 2.31. The molecule has 0 aliphatic rings. The van der Waals surface area contributed by atoms with E-state index in [1.54, 1.807) is 0 Å². The summed E-state index contributed by atoms with van der Waals surface area (Å²) >= 11 is 1.94. The molecule has 2 aromatic rings. The van der Waals surface area contributed by atoms with Gasteiger partial charge < -0.3 is 4.90 Å². The van der Waals surface area contributed by atoms with Crippen LogP contribution in [-0.4, -0.2) is 7.05 Å². The molecule has 106 valence electrons. The molecule has 0 radical (unpaired) electrons. The molecule has 0 saturated carbocycles. The first-order valence-corrected chi connectivity index (χ1v) is 7.07. The van der Waals surface area contributed by atoms with Gasteiger partial charge in [-0.1, -0.05) is 30.3 Å². The number of hydrogen-bond acceptors (Lipinski definition) is 1. The molecule has 5 heteroatoms. The van der Waals surface area contributed by atoms with Gasteiger partial charge >= 0.3 is 6.18 Å². The van der Waals surface area contributed by atoms with Crippen LogP contribution in [0.5, 0.6) is 0 Å². The summed E-state index contributed by atoms with van der Waals surface area (Å²) < 4.78 is 38.5. The highest BCUT2D eigenvalue weighted by Crippen LogP contribution is 2.33. The summed E-state index contributed by atoms with van der Waals surface area (Å²) in [4.78, 5) is 1.94. The lowest BCUT2D eigenvalue weighted by Crippen LogP contribution is -2.18. The Balaban J connectivity index is 2.21. The summed E-state index contributed by atoms with van der Waals surface area (Å²) in [6.45, 7) is 0.655. The second kappa shape index (κ2) is 6.03. The molecule has 0 amide bonds. The number of hydrogen-bond donors (Lipinski definition) is 0. The average molecular weight is 391 g/mol. The SMILES string of the molecule is CN(Cc1ccccc1)c1ccc(C(F)(F)F)cc1I. The summed E-state index contributed by atoms with van der Waals surface area (Å²) in [7, 11) is 1.87. The molecule has 0 unspecified atom stereocenters. The molecule has 0 heterocycles. The van der Waals surface area contributed by atoms with Crippen LogP contribution in [0.15, 0.2) is 48.5 Å². The Morgan fingerprint density at radius 3 is 2.25 bits per heavy atom. The van der Waals surface area contributed by atoms with Crippen molar-refractivity contribution in [3.8, 4) is 0 Å². The van der Waals surface area contributed by atoms with Gasteiger partial charge in [0, 0.05) is 17.2 Å². The van der Waals surface area contributed by atoms with Gasteiger partial charge in [-0.25, -0.2) is 0 Å². The Morgan fingerprint density at radius 2 is 1.70 bits per heavy atom. The van der Waals surface area contributed by atoms with E-state index in [9.17, 15) is 13.2 Å². The maximum absolute atomic E-state index is 12.6. The molecule has 0 aromatic heterocycles. The van der Waals surface area contributed by atoms with E-state index in [1.807, 2.05) is 64.9 Å². The molecule has 0 N–H and O–H groups in total. The number of halogens is 4. The molecule has 2 rings (SSSR count). The minimum Gasteiger partial charge on any atom is -0.369 e. The fourth-order valence-corrected chi connectivity index (χ4v) is 2.86. The van der Waals surface area contributed by atoms with E-state index >= 15 is 0 Å². The van der Waals surface area contributed by atoms with Gasteiger partial charge in [-0.3, -0.25) is 0 Å². The molecule has 0 aliphatic carbocycles. The van der Waals surface area contributed by atoms with Crippen LogP contribution in [0.25, 0.3) is 0 Å². The molecule has 20 heavy (non-hydrogen) atoms. The summed E-state index contributed by atoms with van der Waals surface area (Å²) in [6, 6.07) is 13.6. The van der Waals surface area contributed by atoms with Crippen LogP contribution in [0, 0.1) is 3.57 Å². The maximum Gasteiger partial charge on any atom is 0.416 e. The lowest BCUT2D eigenvalue weighted by molar-refractivity contribution is -0.137. The first kappa shape index (κ1) is 15.2. The summed E-state index contributed by atoms with van der Waals surface area (Å²) in [5, 5.41) is 0. The van der Waals surface area contributed by atoms with E-state index in [0.717, 1.165) is 17.3 Å². The zero-order valence-corrected chi connectivity index (χ0v) is 12.9. The van der Waals surface area contributed by atoms with E-state index in [-0.39, 0.29) is 0 Å². The summed E-state index contributed by atoms with van der Waals surface area (Å²) in [5.41, 5.74) is 1.30. The van der Waals surface area contributed by atoms with Crippen molar-refractivity contribution >= 4 is 28.3 Å². The predicted molar refractivity (Wildman–Crippen MR) is 82.7 cm³/mol. The first-order chi connectivity index (χ1) is 9.38. The van der Waals surface area contributed by atoms with E-state index in [1.165, 1.54) is 12.1 Å². The average Bonchev–Trinajstić information content (AvgIpc) is 2.38. The van der Waals surface area contributed by atoms with Crippen LogP contribution in [0.3, 0.4) is 0 Å². The highest BCUT2D eigenvalue weighted by molar-refractivity contribution is 14.1. The van der Waals surface area contributed by atoms with Crippen molar-refractivity contribution in [2.75, 3.05) is 11.9 Å². The van der Waals surface area contributed by atoms with Crippen LogP contribution in [0.2, 0.25) is 0 Å². The lowest BCUT2D eigenvalue weighted by atomic mass is 10.1. The van der Waals surface area contributed by atoms with Crippen molar-refractivity contribution in [2.24, 2.45) is 0 Å². The molecule has 0 atom stereocenters. The monoisotopic (exact) mass is 391 g/mol. The highest BCUT2D eigenvalue weighted by atomic mass is 127. The van der Waals surface area contributed by atoms with Gasteiger partial charge in [-0.2, -0.15) is 13.2 Å². The maximum atomic E-state index is 12.6. The molecular weight excluding hydrogens is 378 g/mol. The van der Waals surface area contributed by atoms with E-state index in [4.69, 9.17) is 0 Å². The van der Waals surface area contributed by atoms with Gasteiger partial charge in [0.15, 0.2) is 0 Å². The fourth-order valence-electron chi connectivity index (χ4n) is 1.94. The number of alkyl halides is 3. The quantitative estimate of drug-likeness (QED) is 0.670. The van der Waals surface area contributed by atoms with E-state index in [2.05, 4.69) is 0 Å². The molecule has 0 bridgehead atoms. The number of anilines is 1. The van der Waals surface area contributed by atoms with Crippen LogP contribution in [0.4, 0.5) is 18.9 Å². The summed E-state index contributed by atoms with van der Waals surface area (Å²) in [6.07, 6.45) is -4.30. The van der Waals surface area contributed by atoms with Crippen LogP contribution in [-0.2, 0) is 12.7 Å². The lowest BCUT2D eigenvalue weighted by Gasteiger charge is -2.21. The van der Waals surface area contributed by atoms with Crippen molar-refractivity contribution in [3.05, 3.63) is 63.2 Å². The normalized spacial score (nSPS) is 11.4. The van der Waals surface area contributed by atoms with Crippen molar-refractivity contribution in [2.45, 2.75) is 12.7 Å². The largest absolute Gasteiger partial charge is 0.416 e. The Labute approximate surface area is 129 Å². The van der Waals surface area contributed by atoms with Gasteiger partial charge in [0.2, 0.25) is 0 Å². The van der Waals surface area contributed by atoms with Crippen LogP contribution >= 0.6 is 22.6 Å². The molecule has 0 spiro atoms. The van der Waals surface area contributed by atoms with Crippen LogP contribution < -0.4 is 4.90 Å². The third-order valence-electron chi connectivity index (χ3n) is 2.95. The summed E-state index contributed by atoms with van der Waals surface area (Å²) in [5.74, 6) is 0. The van der Waals surface area contributed by atoms with Gasteiger partial charge in [0.05, 0.1) is 11.3 Å². The molecule has 2 aromatic carbocycles. The minimum atomic E-state index is -4.30. The Hall–Kier alpha value is -1.24. The fraction of sp³-hybridized carbons (Fsp3) is 0.200. The van der Waals surface area contributed by atoms with Crippen LogP contribution in [0.1, 0.15) is 11.1 Å². The van der Waals surface area contributed by atoms with E-state index in [0.29, 0.717) is 10.1 Å². The zero-order valence-electron chi connectivity index (χ0n) is 10.8. The molecule has 0 fully saturated rings. The van der Waals surface area contributed by atoms with Crippen molar-refractivity contribution in [3.63, 3.8) is 0 Å². The molecular formula is C15H13F3IN. The molecule has 0 aliphatic heterocycles. The number of rotatable bonds is 3. The first-order valence-electron chi connectivity index (χ1n) is 6.00. The smallest absolute Gasteiger partial charge is 0.369 e. The number of nitrogens with zero attached hydrogens (tertiary/aromatic N) is 1. The standard InChI is InChI=1S/C15H13F3IN/c1-20(10-11-5-3-2-4-6-11)14-8-7-12(9-13(14)19)15(16,17)18/h2-9H,10H2,1H3. The second-order valence-corrected chi connectivity index (χ2v) is 5.67. The topological polar surface area (TPSA) is 3.24 Å². The predicted octanol–water partition coefficient (Wildman–Crippen LogP) is 4.95. The third kappa shape index (κ3) is 3.65. The van der Waals surface area contributed by atoms with Gasteiger partial charge in [0.1, 0.15) is 0 Å². The Bertz CT molecular complexity index is 581. The van der Waals surface area contributed by atoms with Crippen molar-refractivity contribution in [1.82, 2.24) is 0 Å². The van der Waals surface area contributed by atoms with Crippen molar-refractivity contribution in [1.29, 1.82) is 0 Å². The third-order valence-corrected chi connectivity index (χ3v) is 3.81. The number of benzene rings is 2. The minimum absolute atomic E-state index is 0.593. The Kier molecular flexibility index (Phi) is 4.57. The van der Waals surface area contributed by atoms with Gasteiger partial charge in [0.25, 0.3) is 0 Å². The zero-order chi connectivity index (χ0) is 14.8. The van der Waals surface area contributed by atoms with Gasteiger partial charge in [-0.05, 0) is 46.4 Å². The molecule has 0 saturated heterocycles. The molecule has 1 nitrogen and oxygen atoms in total. The second-order valence-electron chi connectivity index (χ2n) is 4.51.